The van der Waals surface area contributed by atoms with Gasteiger partial charge in [-0.25, -0.2) is 4.68 Å². The lowest BCUT2D eigenvalue weighted by Crippen LogP contribution is -2.39. The molecule has 2 amide bonds. The Morgan fingerprint density at radius 2 is 2.04 bits per heavy atom. The standard InChI is InChI=1S/C18H29N5O3/c1-15-14-17-22(18(25)5-9-23(17)20-15)8-2-4-16(24)19-6-3-7-21-10-12-26-13-11-21/h14H,2-13H2,1H3,(H,19,24). The number of amides is 2. The zero-order valence-electron chi connectivity index (χ0n) is 15.6. The van der Waals surface area contributed by atoms with Crippen LogP contribution in [0.4, 0.5) is 5.82 Å². The molecule has 1 N–H and O–H groups in total. The molecule has 2 aliphatic heterocycles. The summed E-state index contributed by atoms with van der Waals surface area (Å²) in [5.74, 6) is 1.02. The highest BCUT2D eigenvalue weighted by Gasteiger charge is 2.25. The van der Waals surface area contributed by atoms with Crippen LogP contribution in [0.15, 0.2) is 6.07 Å². The smallest absolute Gasteiger partial charge is 0.229 e. The van der Waals surface area contributed by atoms with Gasteiger partial charge in [0.05, 0.1) is 25.5 Å². The maximum atomic E-state index is 12.2. The highest BCUT2D eigenvalue weighted by atomic mass is 16.5. The number of nitrogens with zero attached hydrogens (tertiary/aromatic N) is 4. The largest absolute Gasteiger partial charge is 0.379 e. The topological polar surface area (TPSA) is 79.7 Å². The molecule has 3 heterocycles. The van der Waals surface area contributed by atoms with Crippen molar-refractivity contribution in [2.75, 3.05) is 50.8 Å². The van der Waals surface area contributed by atoms with Crippen LogP contribution in [0.2, 0.25) is 0 Å². The van der Waals surface area contributed by atoms with E-state index in [0.717, 1.165) is 50.8 Å². The zero-order valence-corrected chi connectivity index (χ0v) is 15.6. The third kappa shape index (κ3) is 5.04. The first-order chi connectivity index (χ1) is 12.6. The van der Waals surface area contributed by atoms with E-state index < -0.39 is 0 Å². The summed E-state index contributed by atoms with van der Waals surface area (Å²) >= 11 is 0. The van der Waals surface area contributed by atoms with Crippen molar-refractivity contribution >= 4 is 17.6 Å². The molecule has 26 heavy (non-hydrogen) atoms. The Kier molecular flexibility index (Phi) is 6.62. The van der Waals surface area contributed by atoms with E-state index in [1.54, 1.807) is 4.90 Å². The number of carbonyl (C=O) groups is 2. The molecule has 0 aliphatic carbocycles. The number of aromatic nitrogens is 2. The minimum absolute atomic E-state index is 0.0566. The molecule has 8 nitrogen and oxygen atoms in total. The summed E-state index contributed by atoms with van der Waals surface area (Å²) in [6, 6.07) is 1.93. The summed E-state index contributed by atoms with van der Waals surface area (Å²) in [4.78, 5) is 28.3. The number of hydrogen-bond acceptors (Lipinski definition) is 5. The molecule has 1 saturated heterocycles. The van der Waals surface area contributed by atoms with Crippen LogP contribution >= 0.6 is 0 Å². The van der Waals surface area contributed by atoms with E-state index in [0.29, 0.717) is 38.9 Å². The fourth-order valence-corrected chi connectivity index (χ4v) is 3.46. The lowest BCUT2D eigenvalue weighted by Gasteiger charge is -2.27. The predicted molar refractivity (Wildman–Crippen MR) is 98.1 cm³/mol. The van der Waals surface area contributed by atoms with Crippen molar-refractivity contribution in [2.24, 2.45) is 0 Å². The van der Waals surface area contributed by atoms with E-state index >= 15 is 0 Å². The fraction of sp³-hybridized carbons (Fsp3) is 0.722. The van der Waals surface area contributed by atoms with Crippen LogP contribution in [0.3, 0.4) is 0 Å². The lowest BCUT2D eigenvalue weighted by atomic mass is 10.2. The van der Waals surface area contributed by atoms with Crippen LogP contribution in [-0.4, -0.2) is 72.4 Å². The van der Waals surface area contributed by atoms with Crippen molar-refractivity contribution in [2.45, 2.75) is 39.2 Å². The maximum Gasteiger partial charge on any atom is 0.229 e. The molecule has 0 saturated carbocycles. The van der Waals surface area contributed by atoms with Crippen molar-refractivity contribution in [1.29, 1.82) is 0 Å². The predicted octanol–water partition coefficient (Wildman–Crippen LogP) is 0.547. The summed E-state index contributed by atoms with van der Waals surface area (Å²) in [5.41, 5.74) is 0.915. The van der Waals surface area contributed by atoms with Gasteiger partial charge in [-0.3, -0.25) is 19.4 Å². The first-order valence-electron chi connectivity index (χ1n) is 9.55. The van der Waals surface area contributed by atoms with Gasteiger partial charge in [0.1, 0.15) is 5.82 Å². The lowest BCUT2D eigenvalue weighted by molar-refractivity contribution is -0.122. The molecule has 0 unspecified atom stereocenters. The molecule has 0 bridgehead atoms. The monoisotopic (exact) mass is 363 g/mol. The molecule has 0 radical (unpaired) electrons. The third-order valence-corrected chi connectivity index (χ3v) is 4.86. The molecule has 0 aromatic carbocycles. The summed E-state index contributed by atoms with van der Waals surface area (Å²) in [6.07, 6.45) is 2.52. The van der Waals surface area contributed by atoms with Crippen LogP contribution < -0.4 is 10.2 Å². The number of aryl methyl sites for hydroxylation is 2. The minimum Gasteiger partial charge on any atom is -0.379 e. The number of morpholine rings is 1. The van der Waals surface area contributed by atoms with E-state index in [4.69, 9.17) is 4.74 Å². The minimum atomic E-state index is 0.0566. The van der Waals surface area contributed by atoms with Gasteiger partial charge in [-0.15, -0.1) is 0 Å². The average Bonchev–Trinajstić information content (AvgIpc) is 3.02. The molecular weight excluding hydrogens is 334 g/mol. The van der Waals surface area contributed by atoms with Gasteiger partial charge in [0.25, 0.3) is 0 Å². The number of fused-ring (bicyclic) bond motifs is 1. The average molecular weight is 363 g/mol. The van der Waals surface area contributed by atoms with E-state index in [9.17, 15) is 9.59 Å². The van der Waals surface area contributed by atoms with Crippen LogP contribution in [-0.2, 0) is 20.9 Å². The highest BCUT2D eigenvalue weighted by Crippen LogP contribution is 2.22. The number of ether oxygens (including phenoxy) is 1. The molecule has 8 heteroatoms. The Balaban J connectivity index is 1.33. The Morgan fingerprint density at radius 1 is 1.23 bits per heavy atom. The number of carbonyl (C=O) groups excluding carboxylic acids is 2. The van der Waals surface area contributed by atoms with Gasteiger partial charge in [-0.05, 0) is 26.3 Å². The Hall–Kier alpha value is -1.93. The van der Waals surface area contributed by atoms with E-state index in [2.05, 4.69) is 15.3 Å². The van der Waals surface area contributed by atoms with E-state index in [1.165, 1.54) is 0 Å². The first kappa shape index (κ1) is 18.8. The van der Waals surface area contributed by atoms with Gasteiger partial charge < -0.3 is 10.1 Å². The molecule has 0 atom stereocenters. The molecular formula is C18H29N5O3. The Labute approximate surface area is 154 Å². The number of rotatable bonds is 8. The second-order valence-corrected chi connectivity index (χ2v) is 6.92. The van der Waals surface area contributed by atoms with Crippen molar-refractivity contribution in [1.82, 2.24) is 20.0 Å². The summed E-state index contributed by atoms with van der Waals surface area (Å²) < 4.78 is 7.20. The summed E-state index contributed by atoms with van der Waals surface area (Å²) in [7, 11) is 0. The van der Waals surface area contributed by atoms with Crippen molar-refractivity contribution in [3.8, 4) is 0 Å². The number of hydrogen-bond donors (Lipinski definition) is 1. The maximum absolute atomic E-state index is 12.2. The summed E-state index contributed by atoms with van der Waals surface area (Å²) in [6.45, 7) is 8.40. The molecule has 3 rings (SSSR count). The van der Waals surface area contributed by atoms with E-state index in [-0.39, 0.29) is 11.8 Å². The van der Waals surface area contributed by atoms with Gasteiger partial charge in [-0.2, -0.15) is 5.10 Å². The molecule has 1 fully saturated rings. The molecule has 1 aromatic heterocycles. The van der Waals surface area contributed by atoms with E-state index in [1.807, 2.05) is 17.7 Å². The SMILES string of the molecule is Cc1cc2n(n1)CCC(=O)N2CCCC(=O)NCCCN1CCOCC1. The molecule has 2 aliphatic rings. The van der Waals surface area contributed by atoms with Crippen LogP contribution in [0.5, 0.6) is 0 Å². The summed E-state index contributed by atoms with van der Waals surface area (Å²) in [5, 5.41) is 7.38. The van der Waals surface area contributed by atoms with Crippen molar-refractivity contribution in [3.63, 3.8) is 0 Å². The van der Waals surface area contributed by atoms with Gasteiger partial charge in [-0.1, -0.05) is 0 Å². The van der Waals surface area contributed by atoms with Crippen molar-refractivity contribution in [3.05, 3.63) is 11.8 Å². The van der Waals surface area contributed by atoms with Crippen LogP contribution in [0.1, 0.15) is 31.4 Å². The first-order valence-corrected chi connectivity index (χ1v) is 9.55. The quantitative estimate of drug-likeness (QED) is 0.682. The number of nitrogens with one attached hydrogen (secondary N) is 1. The fourth-order valence-electron chi connectivity index (χ4n) is 3.46. The second kappa shape index (κ2) is 9.14. The van der Waals surface area contributed by atoms with Gasteiger partial charge in [0, 0.05) is 45.1 Å². The zero-order chi connectivity index (χ0) is 18.4. The molecule has 144 valence electrons. The third-order valence-electron chi connectivity index (χ3n) is 4.86. The number of anilines is 1. The normalized spacial score (nSPS) is 18.0. The second-order valence-electron chi connectivity index (χ2n) is 6.92. The van der Waals surface area contributed by atoms with Gasteiger partial charge in [0.2, 0.25) is 11.8 Å². The highest BCUT2D eigenvalue weighted by molar-refractivity contribution is 5.93. The van der Waals surface area contributed by atoms with Gasteiger partial charge >= 0.3 is 0 Å². The molecule has 1 aromatic rings. The molecule has 0 spiro atoms. The van der Waals surface area contributed by atoms with Crippen molar-refractivity contribution < 1.29 is 14.3 Å². The van der Waals surface area contributed by atoms with Crippen LogP contribution in [0.25, 0.3) is 0 Å². The van der Waals surface area contributed by atoms with Gasteiger partial charge in [0.15, 0.2) is 0 Å². The Bertz CT molecular complexity index is 624. The van der Waals surface area contributed by atoms with Crippen LogP contribution in [0, 0.1) is 6.92 Å². The Morgan fingerprint density at radius 3 is 2.85 bits per heavy atom.